The van der Waals surface area contributed by atoms with Crippen LogP contribution in [0.1, 0.15) is 25.3 Å². The lowest BCUT2D eigenvalue weighted by Crippen LogP contribution is -2.04. The molecule has 0 aliphatic heterocycles. The third-order valence-electron chi connectivity index (χ3n) is 2.76. The highest BCUT2D eigenvalue weighted by atomic mass is 79.9. The fraction of sp³-hybridized carbons (Fsp3) is 0.286. The zero-order valence-electron chi connectivity index (χ0n) is 11.4. The molecule has 0 saturated carbocycles. The topological polar surface area (TPSA) is 47.0 Å². The van der Waals surface area contributed by atoms with Crippen molar-refractivity contribution >= 4 is 21.7 Å². The third-order valence-corrected chi connectivity index (χ3v) is 3.38. The zero-order valence-corrected chi connectivity index (χ0v) is 13.0. The Morgan fingerprint density at radius 1 is 1.30 bits per heavy atom. The molecular weight excluding hydrogens is 325 g/mol. The number of ether oxygens (including phenoxy) is 1. The second kappa shape index (κ2) is 6.17. The normalized spacial score (nSPS) is 10.7. The van der Waals surface area contributed by atoms with Crippen molar-refractivity contribution in [2.24, 2.45) is 0 Å². The Morgan fingerprint density at radius 2 is 2.05 bits per heavy atom. The van der Waals surface area contributed by atoms with E-state index in [9.17, 15) is 4.39 Å². The SMILES string of the molecule is CNc1ncnc(Oc2ccc(F)cc2Br)c1C(C)C. The van der Waals surface area contributed by atoms with Gasteiger partial charge in [0, 0.05) is 7.05 Å². The van der Waals surface area contributed by atoms with Crippen molar-refractivity contribution in [2.45, 2.75) is 19.8 Å². The van der Waals surface area contributed by atoms with Gasteiger partial charge in [0.25, 0.3) is 0 Å². The Bertz CT molecular complexity index is 619. The molecule has 1 aromatic carbocycles. The molecule has 0 saturated heterocycles. The van der Waals surface area contributed by atoms with Crippen LogP contribution in [0.5, 0.6) is 11.6 Å². The predicted molar refractivity (Wildman–Crippen MR) is 79.8 cm³/mol. The Morgan fingerprint density at radius 3 is 2.65 bits per heavy atom. The molecule has 1 aromatic heterocycles. The van der Waals surface area contributed by atoms with Crippen molar-refractivity contribution in [3.05, 3.63) is 40.4 Å². The van der Waals surface area contributed by atoms with Crippen LogP contribution in [0.15, 0.2) is 29.0 Å². The van der Waals surface area contributed by atoms with Gasteiger partial charge in [-0.1, -0.05) is 13.8 Å². The van der Waals surface area contributed by atoms with Crippen LogP contribution in [0.4, 0.5) is 10.2 Å². The van der Waals surface area contributed by atoms with Crippen molar-refractivity contribution < 1.29 is 9.13 Å². The first-order valence-electron chi connectivity index (χ1n) is 6.18. The molecular formula is C14H15BrFN3O. The van der Waals surface area contributed by atoms with Gasteiger partial charge in [-0.05, 0) is 40.0 Å². The highest BCUT2D eigenvalue weighted by molar-refractivity contribution is 9.10. The lowest BCUT2D eigenvalue weighted by Gasteiger charge is -2.16. The minimum atomic E-state index is -0.327. The number of halogens is 2. The summed E-state index contributed by atoms with van der Waals surface area (Å²) >= 11 is 3.28. The highest BCUT2D eigenvalue weighted by Crippen LogP contribution is 2.35. The molecule has 0 aliphatic carbocycles. The summed E-state index contributed by atoms with van der Waals surface area (Å²) in [4.78, 5) is 8.36. The molecule has 1 heterocycles. The van der Waals surface area contributed by atoms with Crippen LogP contribution in [0.25, 0.3) is 0 Å². The number of nitrogens with zero attached hydrogens (tertiary/aromatic N) is 2. The maximum absolute atomic E-state index is 13.1. The number of anilines is 1. The number of hydrogen-bond acceptors (Lipinski definition) is 4. The molecule has 0 fully saturated rings. The van der Waals surface area contributed by atoms with Gasteiger partial charge >= 0.3 is 0 Å². The highest BCUT2D eigenvalue weighted by Gasteiger charge is 2.17. The van der Waals surface area contributed by atoms with E-state index in [0.29, 0.717) is 16.1 Å². The van der Waals surface area contributed by atoms with Crippen molar-refractivity contribution in [3.8, 4) is 11.6 Å². The predicted octanol–water partition coefficient (Wildman–Crippen LogP) is 4.34. The lowest BCUT2D eigenvalue weighted by molar-refractivity contribution is 0.447. The first-order valence-corrected chi connectivity index (χ1v) is 6.97. The van der Waals surface area contributed by atoms with E-state index in [2.05, 4.69) is 31.2 Å². The number of benzene rings is 1. The van der Waals surface area contributed by atoms with Gasteiger partial charge in [0.05, 0.1) is 10.0 Å². The average molecular weight is 340 g/mol. The van der Waals surface area contributed by atoms with Crippen molar-refractivity contribution in [2.75, 3.05) is 12.4 Å². The largest absolute Gasteiger partial charge is 0.437 e. The van der Waals surface area contributed by atoms with Crippen LogP contribution < -0.4 is 10.1 Å². The first kappa shape index (κ1) is 14.7. The van der Waals surface area contributed by atoms with E-state index in [4.69, 9.17) is 4.74 Å². The molecule has 4 nitrogen and oxygen atoms in total. The first-order chi connectivity index (χ1) is 9.52. The molecule has 1 N–H and O–H groups in total. The van der Waals surface area contributed by atoms with Gasteiger partial charge in [-0.15, -0.1) is 0 Å². The monoisotopic (exact) mass is 339 g/mol. The maximum Gasteiger partial charge on any atom is 0.227 e. The van der Waals surface area contributed by atoms with Crippen LogP contribution in [0.2, 0.25) is 0 Å². The van der Waals surface area contributed by atoms with Crippen molar-refractivity contribution in [1.82, 2.24) is 9.97 Å². The molecule has 2 aromatic rings. The fourth-order valence-electron chi connectivity index (χ4n) is 1.84. The molecule has 20 heavy (non-hydrogen) atoms. The van der Waals surface area contributed by atoms with E-state index in [-0.39, 0.29) is 11.7 Å². The van der Waals surface area contributed by atoms with Gasteiger partial charge in [-0.2, -0.15) is 0 Å². The van der Waals surface area contributed by atoms with Crippen molar-refractivity contribution in [3.63, 3.8) is 0 Å². The summed E-state index contributed by atoms with van der Waals surface area (Å²) in [6, 6.07) is 4.25. The molecule has 6 heteroatoms. The lowest BCUT2D eigenvalue weighted by atomic mass is 10.1. The van der Waals surface area contributed by atoms with E-state index < -0.39 is 0 Å². The number of nitrogens with one attached hydrogen (secondary N) is 1. The molecule has 0 bridgehead atoms. The van der Waals surface area contributed by atoms with E-state index in [1.807, 2.05) is 13.8 Å². The van der Waals surface area contributed by atoms with E-state index in [1.54, 1.807) is 13.1 Å². The maximum atomic E-state index is 13.1. The van der Waals surface area contributed by atoms with Gasteiger partial charge in [-0.3, -0.25) is 0 Å². The summed E-state index contributed by atoms with van der Waals surface area (Å²) in [5.74, 6) is 1.56. The second-order valence-corrected chi connectivity index (χ2v) is 5.38. The average Bonchev–Trinajstić information content (AvgIpc) is 2.41. The van der Waals surface area contributed by atoms with Gasteiger partial charge in [0.2, 0.25) is 5.88 Å². The second-order valence-electron chi connectivity index (χ2n) is 4.52. The standard InChI is InChI=1S/C14H15BrFN3O/c1-8(2)12-13(17-3)18-7-19-14(12)20-11-5-4-9(16)6-10(11)15/h4-8H,1-3H3,(H,17,18,19). The molecule has 0 radical (unpaired) electrons. The molecule has 0 atom stereocenters. The summed E-state index contributed by atoms with van der Waals surface area (Å²) < 4.78 is 19.4. The number of rotatable bonds is 4. The van der Waals surface area contributed by atoms with Gasteiger partial charge < -0.3 is 10.1 Å². The molecule has 106 valence electrons. The van der Waals surface area contributed by atoms with Crippen LogP contribution in [-0.2, 0) is 0 Å². The Hall–Kier alpha value is -1.69. The molecule has 0 amide bonds. The van der Waals surface area contributed by atoms with Crippen LogP contribution >= 0.6 is 15.9 Å². The smallest absolute Gasteiger partial charge is 0.227 e. The van der Waals surface area contributed by atoms with Crippen molar-refractivity contribution in [1.29, 1.82) is 0 Å². The summed E-state index contributed by atoms with van der Waals surface area (Å²) in [5.41, 5.74) is 0.881. The summed E-state index contributed by atoms with van der Waals surface area (Å²) in [6.07, 6.45) is 1.43. The van der Waals surface area contributed by atoms with E-state index in [0.717, 1.165) is 11.4 Å². The summed E-state index contributed by atoms with van der Waals surface area (Å²) in [6.45, 7) is 4.07. The van der Waals surface area contributed by atoms with Gasteiger partial charge in [0.1, 0.15) is 23.7 Å². The Labute approximate surface area is 125 Å². The molecule has 2 rings (SSSR count). The zero-order chi connectivity index (χ0) is 14.7. The minimum Gasteiger partial charge on any atom is -0.437 e. The Kier molecular flexibility index (Phi) is 4.54. The molecule has 0 unspecified atom stereocenters. The van der Waals surface area contributed by atoms with Crippen LogP contribution in [0, 0.1) is 5.82 Å². The summed E-state index contributed by atoms with van der Waals surface area (Å²) in [7, 11) is 1.80. The quantitative estimate of drug-likeness (QED) is 0.900. The van der Waals surface area contributed by atoms with E-state index in [1.165, 1.54) is 18.5 Å². The number of aromatic nitrogens is 2. The van der Waals surface area contributed by atoms with Gasteiger partial charge in [0.15, 0.2) is 0 Å². The van der Waals surface area contributed by atoms with Gasteiger partial charge in [-0.25, -0.2) is 14.4 Å². The molecule has 0 aliphatic rings. The van der Waals surface area contributed by atoms with Crippen LogP contribution in [-0.4, -0.2) is 17.0 Å². The minimum absolute atomic E-state index is 0.188. The molecule has 0 spiro atoms. The fourth-order valence-corrected chi connectivity index (χ4v) is 2.27. The summed E-state index contributed by atoms with van der Waals surface area (Å²) in [5, 5.41) is 3.02. The number of hydrogen-bond donors (Lipinski definition) is 1. The van der Waals surface area contributed by atoms with E-state index >= 15 is 0 Å². The third kappa shape index (κ3) is 3.07. The van der Waals surface area contributed by atoms with Crippen LogP contribution in [0.3, 0.4) is 0 Å². The Balaban J connectivity index is 2.43.